The van der Waals surface area contributed by atoms with Crippen molar-refractivity contribution in [2.24, 2.45) is 0 Å². The van der Waals surface area contributed by atoms with Gasteiger partial charge in [0.05, 0.1) is 17.0 Å². The molecule has 0 saturated heterocycles. The first-order valence-corrected chi connectivity index (χ1v) is 5.94. The van der Waals surface area contributed by atoms with Crippen LogP contribution in [-0.2, 0) is 10.2 Å². The maximum Gasteiger partial charge on any atom is 0.237 e. The highest BCUT2D eigenvalue weighted by Gasteiger charge is 2.48. The minimum atomic E-state index is -0.452. The summed E-state index contributed by atoms with van der Waals surface area (Å²) in [5.41, 5.74) is 2.17. The number of carbonyl (C=O) groups is 1. The van der Waals surface area contributed by atoms with Gasteiger partial charge in [-0.3, -0.25) is 4.79 Å². The average Bonchev–Trinajstić information content (AvgIpc) is 3.10. The van der Waals surface area contributed by atoms with Crippen molar-refractivity contribution in [3.05, 3.63) is 29.3 Å². The molecule has 0 aromatic heterocycles. The summed E-state index contributed by atoms with van der Waals surface area (Å²) in [5.74, 6) is 0.171. The van der Waals surface area contributed by atoms with Crippen LogP contribution >= 0.6 is 0 Å². The monoisotopic (exact) mass is 226 g/mol. The summed E-state index contributed by atoms with van der Waals surface area (Å²) in [5, 5.41) is 8.95. The van der Waals surface area contributed by atoms with Crippen LogP contribution in [0.5, 0.6) is 0 Å². The van der Waals surface area contributed by atoms with Crippen LogP contribution in [0.4, 0.5) is 5.69 Å². The number of nitriles is 1. The van der Waals surface area contributed by atoms with E-state index in [4.69, 9.17) is 5.26 Å². The standard InChI is InChI=1S/C14H14N2O/c1-14(2)11-6-3-9(8-15)7-12(11)16(13(14)17)10-4-5-10/h3,6-7,10H,4-5H2,1-2H3. The van der Waals surface area contributed by atoms with Crippen LogP contribution in [0.25, 0.3) is 0 Å². The van der Waals surface area contributed by atoms with Crippen molar-refractivity contribution in [1.82, 2.24) is 0 Å². The molecule has 0 N–H and O–H groups in total. The molecule has 1 saturated carbocycles. The van der Waals surface area contributed by atoms with Crippen LogP contribution in [0.3, 0.4) is 0 Å². The van der Waals surface area contributed by atoms with E-state index < -0.39 is 5.41 Å². The summed E-state index contributed by atoms with van der Waals surface area (Å²) in [4.78, 5) is 14.3. The van der Waals surface area contributed by atoms with E-state index in [1.54, 1.807) is 6.07 Å². The molecule has 1 aromatic carbocycles. The van der Waals surface area contributed by atoms with Gasteiger partial charge in [0.1, 0.15) is 0 Å². The molecule has 86 valence electrons. The fraction of sp³-hybridized carbons (Fsp3) is 0.429. The zero-order chi connectivity index (χ0) is 12.2. The molecular formula is C14H14N2O. The van der Waals surface area contributed by atoms with Crippen LogP contribution in [-0.4, -0.2) is 11.9 Å². The largest absolute Gasteiger partial charge is 0.308 e. The third-order valence-corrected chi connectivity index (χ3v) is 3.73. The Morgan fingerprint density at radius 1 is 1.41 bits per heavy atom. The molecule has 1 aliphatic carbocycles. The maximum absolute atomic E-state index is 12.4. The number of hydrogen-bond donors (Lipinski definition) is 0. The summed E-state index contributed by atoms with van der Waals surface area (Å²) in [7, 11) is 0. The number of fused-ring (bicyclic) bond motifs is 1. The minimum Gasteiger partial charge on any atom is -0.308 e. The second-order valence-electron chi connectivity index (χ2n) is 5.38. The molecule has 3 rings (SSSR count). The lowest BCUT2D eigenvalue weighted by Gasteiger charge is -2.19. The normalized spacial score (nSPS) is 21.2. The third kappa shape index (κ3) is 1.30. The Labute approximate surface area is 101 Å². The van der Waals surface area contributed by atoms with Gasteiger partial charge in [-0.1, -0.05) is 6.07 Å². The van der Waals surface area contributed by atoms with Gasteiger partial charge < -0.3 is 4.90 Å². The van der Waals surface area contributed by atoms with E-state index in [0.29, 0.717) is 11.6 Å². The van der Waals surface area contributed by atoms with E-state index in [1.807, 2.05) is 30.9 Å². The second-order valence-corrected chi connectivity index (χ2v) is 5.38. The average molecular weight is 226 g/mol. The van der Waals surface area contributed by atoms with Crippen LogP contribution in [0.1, 0.15) is 37.8 Å². The van der Waals surface area contributed by atoms with Crippen LogP contribution in [0, 0.1) is 11.3 Å². The number of anilines is 1. The molecule has 1 aromatic rings. The van der Waals surface area contributed by atoms with Crippen molar-refractivity contribution in [2.75, 3.05) is 4.90 Å². The molecule has 0 spiro atoms. The molecule has 2 aliphatic rings. The molecule has 3 heteroatoms. The molecule has 1 fully saturated rings. The second kappa shape index (κ2) is 3.10. The first-order valence-electron chi connectivity index (χ1n) is 5.94. The zero-order valence-electron chi connectivity index (χ0n) is 10.0. The Hall–Kier alpha value is -1.82. The van der Waals surface area contributed by atoms with E-state index in [2.05, 4.69) is 6.07 Å². The number of benzene rings is 1. The molecular weight excluding hydrogens is 212 g/mol. The van der Waals surface area contributed by atoms with Gasteiger partial charge in [0.25, 0.3) is 0 Å². The van der Waals surface area contributed by atoms with E-state index in [1.165, 1.54) is 0 Å². The topological polar surface area (TPSA) is 44.1 Å². The van der Waals surface area contributed by atoms with Gasteiger partial charge >= 0.3 is 0 Å². The Balaban J connectivity index is 2.19. The Bertz CT molecular complexity index is 550. The molecule has 17 heavy (non-hydrogen) atoms. The first kappa shape index (κ1) is 10.3. The molecule has 3 nitrogen and oxygen atoms in total. The summed E-state index contributed by atoms with van der Waals surface area (Å²) in [6.45, 7) is 3.92. The Morgan fingerprint density at radius 2 is 2.12 bits per heavy atom. The van der Waals surface area contributed by atoms with Gasteiger partial charge in [0.2, 0.25) is 5.91 Å². The molecule has 1 heterocycles. The van der Waals surface area contributed by atoms with Crippen LogP contribution in [0.15, 0.2) is 18.2 Å². The van der Waals surface area contributed by atoms with E-state index in [0.717, 1.165) is 24.1 Å². The molecule has 0 unspecified atom stereocenters. The van der Waals surface area contributed by atoms with E-state index >= 15 is 0 Å². The lowest BCUT2D eigenvalue weighted by Crippen LogP contribution is -2.37. The van der Waals surface area contributed by atoms with Crippen molar-refractivity contribution in [3.63, 3.8) is 0 Å². The summed E-state index contributed by atoms with van der Waals surface area (Å²) in [6.07, 6.45) is 2.16. The van der Waals surface area contributed by atoms with Crippen molar-refractivity contribution < 1.29 is 4.79 Å². The van der Waals surface area contributed by atoms with Crippen molar-refractivity contribution in [1.29, 1.82) is 5.26 Å². The summed E-state index contributed by atoms with van der Waals surface area (Å²) < 4.78 is 0. The number of carbonyl (C=O) groups excluding carboxylic acids is 1. The molecule has 1 amide bonds. The quantitative estimate of drug-likeness (QED) is 0.737. The highest BCUT2D eigenvalue weighted by molar-refractivity contribution is 6.08. The lowest BCUT2D eigenvalue weighted by atomic mass is 9.86. The van der Waals surface area contributed by atoms with Gasteiger partial charge in [-0.15, -0.1) is 0 Å². The SMILES string of the molecule is CC1(C)C(=O)N(C2CC2)c2cc(C#N)ccc21. The Kier molecular flexibility index (Phi) is 1.89. The molecule has 0 bridgehead atoms. The number of rotatable bonds is 1. The van der Waals surface area contributed by atoms with Gasteiger partial charge in [0.15, 0.2) is 0 Å². The third-order valence-electron chi connectivity index (χ3n) is 3.73. The van der Waals surface area contributed by atoms with Gasteiger partial charge in [-0.05, 0) is 44.4 Å². The number of amides is 1. The summed E-state index contributed by atoms with van der Waals surface area (Å²) in [6, 6.07) is 8.07. The van der Waals surface area contributed by atoms with E-state index in [9.17, 15) is 4.79 Å². The van der Waals surface area contributed by atoms with Gasteiger partial charge in [-0.25, -0.2) is 0 Å². The smallest absolute Gasteiger partial charge is 0.237 e. The minimum absolute atomic E-state index is 0.171. The highest BCUT2D eigenvalue weighted by atomic mass is 16.2. The highest BCUT2D eigenvalue weighted by Crippen LogP contribution is 2.46. The van der Waals surface area contributed by atoms with Crippen molar-refractivity contribution in [2.45, 2.75) is 38.1 Å². The zero-order valence-corrected chi connectivity index (χ0v) is 10.0. The Morgan fingerprint density at radius 3 is 2.71 bits per heavy atom. The van der Waals surface area contributed by atoms with Crippen LogP contribution < -0.4 is 4.90 Å². The van der Waals surface area contributed by atoms with Crippen LogP contribution in [0.2, 0.25) is 0 Å². The van der Waals surface area contributed by atoms with Gasteiger partial charge in [-0.2, -0.15) is 5.26 Å². The fourth-order valence-corrected chi connectivity index (χ4v) is 2.55. The number of nitrogens with zero attached hydrogens (tertiary/aromatic N) is 2. The predicted octanol–water partition coefficient (Wildman–Crippen LogP) is 2.34. The van der Waals surface area contributed by atoms with Crippen molar-refractivity contribution >= 4 is 11.6 Å². The maximum atomic E-state index is 12.4. The van der Waals surface area contributed by atoms with E-state index in [-0.39, 0.29) is 5.91 Å². The summed E-state index contributed by atoms with van der Waals surface area (Å²) >= 11 is 0. The molecule has 0 atom stereocenters. The van der Waals surface area contributed by atoms with Gasteiger partial charge in [0, 0.05) is 11.7 Å². The first-order chi connectivity index (χ1) is 8.05. The number of hydrogen-bond acceptors (Lipinski definition) is 2. The molecule has 1 aliphatic heterocycles. The fourth-order valence-electron chi connectivity index (χ4n) is 2.55. The molecule has 0 radical (unpaired) electrons. The lowest BCUT2D eigenvalue weighted by molar-refractivity contribution is -0.122. The van der Waals surface area contributed by atoms with Crippen molar-refractivity contribution in [3.8, 4) is 6.07 Å². The predicted molar refractivity (Wildman–Crippen MR) is 64.7 cm³/mol.